The molecular formula is C14H18ClN3O2S. The zero-order valence-electron chi connectivity index (χ0n) is 12.0. The van der Waals surface area contributed by atoms with Crippen LogP contribution in [0.2, 0.25) is 5.02 Å². The molecule has 0 atom stereocenters. The number of thioether (sulfide) groups is 1. The Morgan fingerprint density at radius 3 is 2.95 bits per heavy atom. The molecule has 0 bridgehead atoms. The number of hydrogen-bond donors (Lipinski definition) is 1. The van der Waals surface area contributed by atoms with E-state index in [1.54, 1.807) is 0 Å². The maximum absolute atomic E-state index is 10.8. The van der Waals surface area contributed by atoms with Gasteiger partial charge >= 0.3 is 5.97 Å². The average molecular weight is 328 g/mol. The topological polar surface area (TPSA) is 58.4 Å². The lowest BCUT2D eigenvalue weighted by Gasteiger charge is -2.15. The Hall–Kier alpha value is -1.24. The van der Waals surface area contributed by atoms with Crippen molar-refractivity contribution in [2.24, 2.45) is 0 Å². The van der Waals surface area contributed by atoms with Gasteiger partial charge in [-0.15, -0.1) is 0 Å². The van der Waals surface area contributed by atoms with Gasteiger partial charge in [0.1, 0.15) is 0 Å². The molecule has 1 aromatic heterocycles. The molecule has 1 N–H and O–H groups in total. The highest BCUT2D eigenvalue weighted by Gasteiger charge is 2.13. The van der Waals surface area contributed by atoms with Gasteiger partial charge in [-0.1, -0.05) is 30.3 Å². The zero-order chi connectivity index (χ0) is 15.4. The molecule has 2 rings (SSSR count). The average Bonchev–Trinajstić information content (AvgIpc) is 2.79. The van der Waals surface area contributed by atoms with Crippen molar-refractivity contribution in [1.82, 2.24) is 14.5 Å². The number of carboxylic acids is 1. The van der Waals surface area contributed by atoms with Crippen LogP contribution in [0.5, 0.6) is 0 Å². The number of aromatic nitrogens is 2. The first-order chi connectivity index (χ1) is 10.0. The molecule has 0 aliphatic carbocycles. The minimum absolute atomic E-state index is 0.000666. The van der Waals surface area contributed by atoms with E-state index in [0.29, 0.717) is 5.02 Å². The van der Waals surface area contributed by atoms with Crippen molar-refractivity contribution in [3.05, 3.63) is 23.2 Å². The summed E-state index contributed by atoms with van der Waals surface area (Å²) in [5, 5.41) is 10.2. The summed E-state index contributed by atoms with van der Waals surface area (Å²) in [7, 11) is 2.06. The fraction of sp³-hybridized carbons (Fsp3) is 0.429. The number of carbonyl (C=O) groups is 1. The van der Waals surface area contributed by atoms with Crippen molar-refractivity contribution < 1.29 is 9.90 Å². The van der Waals surface area contributed by atoms with Gasteiger partial charge < -0.3 is 14.6 Å². The Morgan fingerprint density at radius 2 is 2.29 bits per heavy atom. The standard InChI is InChI=1S/C14H18ClN3O2S/c1-3-17(2)6-7-18-12-5-4-10(15)8-11(12)16-14(18)21-9-13(19)20/h4-5,8H,3,6-7,9H2,1-2H3,(H,19,20). The van der Waals surface area contributed by atoms with Crippen molar-refractivity contribution >= 4 is 40.4 Å². The number of aliphatic carboxylic acids is 1. The molecule has 0 aliphatic rings. The first-order valence-corrected chi connectivity index (χ1v) is 8.06. The number of halogens is 1. The van der Waals surface area contributed by atoms with Gasteiger partial charge in [-0.3, -0.25) is 4.79 Å². The molecule has 0 spiro atoms. The number of hydrogen-bond acceptors (Lipinski definition) is 4. The van der Waals surface area contributed by atoms with Crippen LogP contribution in [0.3, 0.4) is 0 Å². The number of nitrogens with zero attached hydrogens (tertiary/aromatic N) is 3. The predicted molar refractivity (Wildman–Crippen MR) is 86.3 cm³/mol. The molecule has 7 heteroatoms. The third kappa shape index (κ3) is 4.12. The molecule has 0 amide bonds. The number of carboxylic acid groups (broad SMARTS) is 1. The number of imidazole rings is 1. The second kappa shape index (κ2) is 7.15. The molecule has 114 valence electrons. The monoisotopic (exact) mass is 327 g/mol. The minimum Gasteiger partial charge on any atom is -0.481 e. The van der Waals surface area contributed by atoms with Crippen LogP contribution in [-0.4, -0.2) is 51.4 Å². The van der Waals surface area contributed by atoms with Crippen LogP contribution < -0.4 is 0 Å². The lowest BCUT2D eigenvalue weighted by atomic mass is 10.3. The molecule has 5 nitrogen and oxygen atoms in total. The van der Waals surface area contributed by atoms with E-state index in [1.807, 2.05) is 18.2 Å². The van der Waals surface area contributed by atoms with Crippen LogP contribution in [0.1, 0.15) is 6.92 Å². The third-order valence-corrected chi connectivity index (χ3v) is 4.44. The van der Waals surface area contributed by atoms with Crippen LogP contribution in [0, 0.1) is 0 Å². The van der Waals surface area contributed by atoms with Crippen LogP contribution >= 0.6 is 23.4 Å². The Balaban J connectivity index is 2.32. The Morgan fingerprint density at radius 1 is 1.52 bits per heavy atom. The van der Waals surface area contributed by atoms with E-state index in [0.717, 1.165) is 35.8 Å². The van der Waals surface area contributed by atoms with Gasteiger partial charge in [-0.05, 0) is 31.8 Å². The van der Waals surface area contributed by atoms with Crippen LogP contribution in [0.25, 0.3) is 11.0 Å². The number of fused-ring (bicyclic) bond motifs is 1. The van der Waals surface area contributed by atoms with E-state index in [-0.39, 0.29) is 5.75 Å². The van der Waals surface area contributed by atoms with Gasteiger partial charge in [0.2, 0.25) is 0 Å². The molecule has 2 aromatic rings. The van der Waals surface area contributed by atoms with E-state index < -0.39 is 5.97 Å². The maximum Gasteiger partial charge on any atom is 0.313 e. The van der Waals surface area contributed by atoms with Crippen molar-refractivity contribution in [2.75, 3.05) is 25.9 Å². The Kier molecular flexibility index (Phi) is 5.50. The first-order valence-electron chi connectivity index (χ1n) is 6.70. The summed E-state index contributed by atoms with van der Waals surface area (Å²) in [6.45, 7) is 4.72. The second-order valence-corrected chi connectivity index (χ2v) is 6.14. The largest absolute Gasteiger partial charge is 0.481 e. The van der Waals surface area contributed by atoms with Gasteiger partial charge in [0.15, 0.2) is 5.16 Å². The first kappa shape index (κ1) is 16.1. The molecular weight excluding hydrogens is 310 g/mol. The summed E-state index contributed by atoms with van der Waals surface area (Å²) in [4.78, 5) is 17.5. The third-order valence-electron chi connectivity index (χ3n) is 3.25. The molecule has 21 heavy (non-hydrogen) atoms. The highest BCUT2D eigenvalue weighted by atomic mass is 35.5. The highest BCUT2D eigenvalue weighted by molar-refractivity contribution is 7.99. The zero-order valence-corrected chi connectivity index (χ0v) is 13.6. The summed E-state index contributed by atoms with van der Waals surface area (Å²) in [6, 6.07) is 5.57. The molecule has 0 radical (unpaired) electrons. The molecule has 0 unspecified atom stereocenters. The van der Waals surface area contributed by atoms with E-state index >= 15 is 0 Å². The van der Waals surface area contributed by atoms with Gasteiger partial charge in [0, 0.05) is 18.1 Å². The van der Waals surface area contributed by atoms with Crippen molar-refractivity contribution in [2.45, 2.75) is 18.6 Å². The SMILES string of the molecule is CCN(C)CCn1c(SCC(=O)O)nc2cc(Cl)ccc21. The fourth-order valence-electron chi connectivity index (χ4n) is 1.96. The summed E-state index contributed by atoms with van der Waals surface area (Å²) in [5.74, 6) is -0.844. The Bertz CT molecular complexity index is 644. The number of benzene rings is 1. The van der Waals surface area contributed by atoms with E-state index in [2.05, 4.69) is 28.4 Å². The summed E-state index contributed by atoms with van der Waals surface area (Å²) >= 11 is 7.24. The van der Waals surface area contributed by atoms with Crippen molar-refractivity contribution in [3.8, 4) is 0 Å². The maximum atomic E-state index is 10.8. The summed E-state index contributed by atoms with van der Waals surface area (Å²) in [5.41, 5.74) is 1.78. The molecule has 0 aliphatic heterocycles. The van der Waals surface area contributed by atoms with Gasteiger partial charge in [0.05, 0.1) is 16.8 Å². The lowest BCUT2D eigenvalue weighted by Crippen LogP contribution is -2.23. The highest BCUT2D eigenvalue weighted by Crippen LogP contribution is 2.26. The molecule has 1 heterocycles. The van der Waals surface area contributed by atoms with Gasteiger partial charge in [-0.25, -0.2) is 4.98 Å². The number of rotatable bonds is 7. The molecule has 0 saturated carbocycles. The van der Waals surface area contributed by atoms with E-state index in [1.165, 1.54) is 11.8 Å². The lowest BCUT2D eigenvalue weighted by molar-refractivity contribution is -0.133. The van der Waals surface area contributed by atoms with Crippen molar-refractivity contribution in [3.63, 3.8) is 0 Å². The second-order valence-electron chi connectivity index (χ2n) is 4.76. The van der Waals surface area contributed by atoms with Crippen LogP contribution in [-0.2, 0) is 11.3 Å². The van der Waals surface area contributed by atoms with E-state index in [9.17, 15) is 4.79 Å². The smallest absolute Gasteiger partial charge is 0.313 e. The van der Waals surface area contributed by atoms with Gasteiger partial charge in [-0.2, -0.15) is 0 Å². The van der Waals surface area contributed by atoms with Crippen LogP contribution in [0.15, 0.2) is 23.4 Å². The molecule has 1 aromatic carbocycles. The van der Waals surface area contributed by atoms with Crippen LogP contribution in [0.4, 0.5) is 0 Å². The number of likely N-dealkylation sites (N-methyl/N-ethyl adjacent to an activating group) is 1. The quantitative estimate of drug-likeness (QED) is 0.792. The minimum atomic E-state index is -0.845. The van der Waals surface area contributed by atoms with Gasteiger partial charge in [0.25, 0.3) is 0 Å². The predicted octanol–water partition coefficient (Wildman–Crippen LogP) is 2.82. The Labute approximate surface area is 132 Å². The van der Waals surface area contributed by atoms with E-state index in [4.69, 9.17) is 16.7 Å². The van der Waals surface area contributed by atoms with Crippen molar-refractivity contribution in [1.29, 1.82) is 0 Å². The normalized spacial score (nSPS) is 11.4. The molecule has 0 saturated heterocycles. The summed E-state index contributed by atoms with van der Waals surface area (Å²) < 4.78 is 2.06. The summed E-state index contributed by atoms with van der Waals surface area (Å²) in [6.07, 6.45) is 0. The molecule has 0 fully saturated rings. The fourth-order valence-corrected chi connectivity index (χ4v) is 2.89.